The van der Waals surface area contributed by atoms with E-state index in [0.29, 0.717) is 18.2 Å². The van der Waals surface area contributed by atoms with E-state index < -0.39 is 5.97 Å². The van der Waals surface area contributed by atoms with E-state index in [0.717, 1.165) is 31.4 Å². The SMILES string of the molecule is CCCCn1nc(C2CC2)cc1C(=O)O. The fourth-order valence-corrected chi connectivity index (χ4v) is 1.67. The number of rotatable bonds is 5. The van der Waals surface area contributed by atoms with Gasteiger partial charge in [-0.3, -0.25) is 4.68 Å². The molecule has 1 fully saturated rings. The molecule has 1 aromatic heterocycles. The van der Waals surface area contributed by atoms with Crippen LogP contribution in [-0.2, 0) is 6.54 Å². The van der Waals surface area contributed by atoms with Crippen molar-refractivity contribution in [3.05, 3.63) is 17.5 Å². The fourth-order valence-electron chi connectivity index (χ4n) is 1.67. The number of carboxylic acids is 1. The van der Waals surface area contributed by atoms with Crippen LogP contribution in [0.3, 0.4) is 0 Å². The quantitative estimate of drug-likeness (QED) is 0.807. The van der Waals surface area contributed by atoms with Crippen LogP contribution in [-0.4, -0.2) is 20.9 Å². The molecule has 1 saturated carbocycles. The number of unbranched alkanes of at least 4 members (excludes halogenated alkanes) is 1. The summed E-state index contributed by atoms with van der Waals surface area (Å²) in [6.45, 7) is 2.80. The van der Waals surface area contributed by atoms with Crippen molar-refractivity contribution in [3.63, 3.8) is 0 Å². The van der Waals surface area contributed by atoms with Gasteiger partial charge in [0.25, 0.3) is 0 Å². The zero-order valence-electron chi connectivity index (χ0n) is 8.94. The Morgan fingerprint density at radius 1 is 1.67 bits per heavy atom. The highest BCUT2D eigenvalue weighted by molar-refractivity contribution is 5.85. The van der Waals surface area contributed by atoms with Gasteiger partial charge in [-0.2, -0.15) is 5.10 Å². The molecule has 1 aromatic rings. The topological polar surface area (TPSA) is 55.1 Å². The van der Waals surface area contributed by atoms with Gasteiger partial charge in [-0.15, -0.1) is 0 Å². The second-order valence-electron chi connectivity index (χ2n) is 4.11. The number of hydrogen-bond acceptors (Lipinski definition) is 2. The molecule has 0 atom stereocenters. The summed E-state index contributed by atoms with van der Waals surface area (Å²) in [7, 11) is 0. The third kappa shape index (κ3) is 2.19. The van der Waals surface area contributed by atoms with Crippen molar-refractivity contribution in [1.82, 2.24) is 9.78 Å². The number of aryl methyl sites for hydroxylation is 1. The zero-order chi connectivity index (χ0) is 10.8. The molecule has 0 aromatic carbocycles. The van der Waals surface area contributed by atoms with E-state index in [-0.39, 0.29) is 0 Å². The monoisotopic (exact) mass is 208 g/mol. The van der Waals surface area contributed by atoms with E-state index in [1.807, 2.05) is 0 Å². The molecule has 0 radical (unpaired) electrons. The second-order valence-corrected chi connectivity index (χ2v) is 4.11. The van der Waals surface area contributed by atoms with Gasteiger partial charge in [0.2, 0.25) is 0 Å². The number of carboxylic acid groups (broad SMARTS) is 1. The van der Waals surface area contributed by atoms with Crippen LogP contribution < -0.4 is 0 Å². The maximum atomic E-state index is 11.0. The molecule has 0 spiro atoms. The average molecular weight is 208 g/mol. The number of aromatic carboxylic acids is 1. The van der Waals surface area contributed by atoms with Crippen molar-refractivity contribution in [3.8, 4) is 0 Å². The molecule has 0 amide bonds. The molecule has 4 nitrogen and oxygen atoms in total. The smallest absolute Gasteiger partial charge is 0.354 e. The standard InChI is InChI=1S/C11H16N2O2/c1-2-3-6-13-10(11(14)15)7-9(12-13)8-4-5-8/h7-8H,2-6H2,1H3,(H,14,15). The van der Waals surface area contributed by atoms with Crippen molar-refractivity contribution in [2.75, 3.05) is 0 Å². The molecule has 82 valence electrons. The Labute approximate surface area is 88.9 Å². The van der Waals surface area contributed by atoms with Crippen molar-refractivity contribution in [2.45, 2.75) is 45.1 Å². The first-order valence-corrected chi connectivity index (χ1v) is 5.53. The molecule has 4 heteroatoms. The van der Waals surface area contributed by atoms with Gasteiger partial charge >= 0.3 is 5.97 Å². The summed E-state index contributed by atoms with van der Waals surface area (Å²) in [5.41, 5.74) is 1.30. The maximum absolute atomic E-state index is 11.0. The first-order valence-electron chi connectivity index (χ1n) is 5.53. The van der Waals surface area contributed by atoms with Crippen molar-refractivity contribution >= 4 is 5.97 Å². The van der Waals surface area contributed by atoms with Gasteiger partial charge in [-0.25, -0.2) is 4.79 Å². The third-order valence-corrected chi connectivity index (χ3v) is 2.74. The number of aromatic nitrogens is 2. The lowest BCUT2D eigenvalue weighted by Gasteiger charge is -2.01. The van der Waals surface area contributed by atoms with Crippen LogP contribution in [0.2, 0.25) is 0 Å². The summed E-state index contributed by atoms with van der Waals surface area (Å²) < 4.78 is 1.64. The van der Waals surface area contributed by atoms with Crippen LogP contribution in [0, 0.1) is 0 Å². The minimum Gasteiger partial charge on any atom is -0.477 e. The minimum atomic E-state index is -0.870. The van der Waals surface area contributed by atoms with Crippen LogP contribution in [0.25, 0.3) is 0 Å². The van der Waals surface area contributed by atoms with Crippen LogP contribution in [0.15, 0.2) is 6.07 Å². The van der Waals surface area contributed by atoms with Crippen molar-refractivity contribution in [2.24, 2.45) is 0 Å². The molecule has 1 heterocycles. The molecular weight excluding hydrogens is 192 g/mol. The Bertz CT molecular complexity index is 367. The van der Waals surface area contributed by atoms with E-state index >= 15 is 0 Å². The van der Waals surface area contributed by atoms with E-state index in [2.05, 4.69) is 12.0 Å². The van der Waals surface area contributed by atoms with Gasteiger partial charge in [-0.05, 0) is 25.3 Å². The van der Waals surface area contributed by atoms with Crippen LogP contribution in [0.4, 0.5) is 0 Å². The third-order valence-electron chi connectivity index (χ3n) is 2.74. The van der Waals surface area contributed by atoms with E-state index in [9.17, 15) is 4.79 Å². The van der Waals surface area contributed by atoms with Crippen LogP contribution >= 0.6 is 0 Å². The lowest BCUT2D eigenvalue weighted by molar-refractivity contribution is 0.0683. The van der Waals surface area contributed by atoms with E-state index in [1.54, 1.807) is 10.7 Å². The highest BCUT2D eigenvalue weighted by Gasteiger charge is 2.28. The highest BCUT2D eigenvalue weighted by Crippen LogP contribution is 2.39. The molecule has 0 bridgehead atoms. The van der Waals surface area contributed by atoms with Gasteiger partial charge in [-0.1, -0.05) is 13.3 Å². The predicted octanol–water partition coefficient (Wildman–Crippen LogP) is 2.26. The predicted molar refractivity (Wildman–Crippen MR) is 56.1 cm³/mol. The maximum Gasteiger partial charge on any atom is 0.354 e. The molecule has 2 rings (SSSR count). The van der Waals surface area contributed by atoms with Crippen LogP contribution in [0.5, 0.6) is 0 Å². The number of nitrogens with zero attached hydrogens (tertiary/aromatic N) is 2. The first kappa shape index (κ1) is 10.2. The molecule has 1 aliphatic carbocycles. The molecular formula is C11H16N2O2. The second kappa shape index (κ2) is 4.04. The first-order chi connectivity index (χ1) is 7.22. The largest absolute Gasteiger partial charge is 0.477 e. The summed E-state index contributed by atoms with van der Waals surface area (Å²) in [4.78, 5) is 11.0. The number of hydrogen-bond donors (Lipinski definition) is 1. The average Bonchev–Trinajstić information content (AvgIpc) is 2.96. The molecule has 0 unspecified atom stereocenters. The van der Waals surface area contributed by atoms with Crippen molar-refractivity contribution < 1.29 is 9.90 Å². The Morgan fingerprint density at radius 3 is 2.93 bits per heavy atom. The normalized spacial score (nSPS) is 15.5. The van der Waals surface area contributed by atoms with E-state index in [4.69, 9.17) is 5.11 Å². The summed E-state index contributed by atoms with van der Waals surface area (Å²) in [5, 5.41) is 13.4. The fraction of sp³-hybridized carbons (Fsp3) is 0.636. The van der Waals surface area contributed by atoms with Gasteiger partial charge < -0.3 is 5.11 Å². The van der Waals surface area contributed by atoms with Crippen molar-refractivity contribution in [1.29, 1.82) is 0 Å². The highest BCUT2D eigenvalue weighted by atomic mass is 16.4. The number of carbonyl (C=O) groups is 1. The Hall–Kier alpha value is -1.32. The Balaban J connectivity index is 2.20. The lowest BCUT2D eigenvalue weighted by atomic mass is 10.2. The summed E-state index contributed by atoms with van der Waals surface area (Å²) in [6.07, 6.45) is 4.34. The molecule has 15 heavy (non-hydrogen) atoms. The summed E-state index contributed by atoms with van der Waals surface area (Å²) in [5.74, 6) is -0.350. The van der Waals surface area contributed by atoms with E-state index in [1.165, 1.54) is 0 Å². The summed E-state index contributed by atoms with van der Waals surface area (Å²) >= 11 is 0. The molecule has 1 N–H and O–H groups in total. The van der Waals surface area contributed by atoms with Gasteiger partial charge in [0.05, 0.1) is 5.69 Å². The molecule has 1 aliphatic rings. The Morgan fingerprint density at radius 2 is 2.40 bits per heavy atom. The van der Waals surface area contributed by atoms with Crippen LogP contribution in [0.1, 0.15) is 54.7 Å². The molecule has 0 saturated heterocycles. The molecule has 0 aliphatic heterocycles. The minimum absolute atomic E-state index is 0.338. The summed E-state index contributed by atoms with van der Waals surface area (Å²) in [6, 6.07) is 1.73. The zero-order valence-corrected chi connectivity index (χ0v) is 8.94. The Kier molecular flexibility index (Phi) is 2.75. The van der Waals surface area contributed by atoms with Gasteiger partial charge in [0, 0.05) is 12.5 Å². The van der Waals surface area contributed by atoms with Gasteiger partial charge in [0.15, 0.2) is 0 Å². The van der Waals surface area contributed by atoms with Gasteiger partial charge in [0.1, 0.15) is 5.69 Å². The lowest BCUT2D eigenvalue weighted by Crippen LogP contribution is -2.09.